The van der Waals surface area contributed by atoms with E-state index >= 15 is 0 Å². The summed E-state index contributed by atoms with van der Waals surface area (Å²) in [5.41, 5.74) is -0.799. The number of phenols is 1. The number of rotatable bonds is 4. The molecule has 42 heavy (non-hydrogen) atoms. The van der Waals surface area contributed by atoms with E-state index in [9.17, 15) is 31.9 Å². The molecule has 0 bridgehead atoms. The molecule has 0 aliphatic carbocycles. The van der Waals surface area contributed by atoms with Gasteiger partial charge in [-0.3, -0.25) is 0 Å². The number of halogens is 5. The molecule has 3 aromatic rings. The van der Waals surface area contributed by atoms with E-state index in [4.69, 9.17) is 0 Å². The molecule has 0 unspecified atom stereocenters. The Morgan fingerprint density at radius 1 is 0.952 bits per heavy atom. The third kappa shape index (κ3) is 5.88. The third-order valence-electron chi connectivity index (χ3n) is 7.85. The number of carbonyl (C=O) groups excluding carboxylic acids is 1. The van der Waals surface area contributed by atoms with Gasteiger partial charge in [0.1, 0.15) is 5.75 Å². The van der Waals surface area contributed by atoms with Gasteiger partial charge in [0.15, 0.2) is 11.6 Å². The number of likely N-dealkylation sites (tertiary alicyclic amines) is 1. The zero-order valence-corrected chi connectivity index (χ0v) is 23.6. The van der Waals surface area contributed by atoms with Gasteiger partial charge in [0, 0.05) is 30.3 Å². The van der Waals surface area contributed by atoms with E-state index in [2.05, 4.69) is 36.3 Å². The number of anilines is 4. The van der Waals surface area contributed by atoms with Crippen LogP contribution in [0.15, 0.2) is 54.6 Å². The van der Waals surface area contributed by atoms with Crippen molar-refractivity contribution in [1.29, 1.82) is 0 Å². The molecule has 3 aromatic carbocycles. The van der Waals surface area contributed by atoms with Gasteiger partial charge in [-0.05, 0) is 73.3 Å². The lowest BCUT2D eigenvalue weighted by Crippen LogP contribution is -2.47. The van der Waals surface area contributed by atoms with Crippen LogP contribution in [0.1, 0.15) is 44.7 Å². The van der Waals surface area contributed by atoms with Crippen LogP contribution < -0.4 is 15.5 Å². The number of benzene rings is 3. The molecule has 3 N–H and O–H groups in total. The predicted molar refractivity (Wildman–Crippen MR) is 152 cm³/mol. The highest BCUT2D eigenvalue weighted by Crippen LogP contribution is 2.57. The lowest BCUT2D eigenvalue weighted by atomic mass is 9.72. The minimum absolute atomic E-state index is 0.0174. The monoisotopic (exact) mass is 588 g/mol. The van der Waals surface area contributed by atoms with Crippen molar-refractivity contribution in [2.75, 3.05) is 41.7 Å². The second-order valence-electron chi connectivity index (χ2n) is 12.3. The van der Waals surface area contributed by atoms with Crippen LogP contribution in [-0.2, 0) is 11.6 Å². The Morgan fingerprint density at radius 3 is 2.29 bits per heavy atom. The molecule has 11 heteroatoms. The van der Waals surface area contributed by atoms with Crippen LogP contribution in [-0.4, -0.2) is 42.2 Å². The Bertz CT molecular complexity index is 1490. The summed E-state index contributed by atoms with van der Waals surface area (Å²) in [5.74, 6) is -2.47. The topological polar surface area (TPSA) is 67.8 Å². The summed E-state index contributed by atoms with van der Waals surface area (Å²) in [4.78, 5) is 16.7. The summed E-state index contributed by atoms with van der Waals surface area (Å²) in [5, 5.41) is 16.1. The molecular weight excluding hydrogens is 555 g/mol. The largest absolute Gasteiger partial charge is 0.506 e. The molecule has 6 nitrogen and oxygen atoms in total. The number of hydrogen-bond donors (Lipinski definition) is 3. The van der Waals surface area contributed by atoms with Crippen LogP contribution in [0.25, 0.3) is 0 Å². The summed E-state index contributed by atoms with van der Waals surface area (Å²) in [7, 11) is 0. The first-order valence-electron chi connectivity index (χ1n) is 13.7. The van der Waals surface area contributed by atoms with Gasteiger partial charge in [-0.1, -0.05) is 32.9 Å². The van der Waals surface area contributed by atoms with Crippen molar-refractivity contribution in [1.82, 2.24) is 4.90 Å². The smallest absolute Gasteiger partial charge is 0.416 e. The molecule has 0 aromatic heterocycles. The number of piperidine rings is 1. The van der Waals surface area contributed by atoms with Crippen molar-refractivity contribution in [3.05, 3.63) is 77.4 Å². The minimum atomic E-state index is -4.63. The lowest BCUT2D eigenvalue weighted by molar-refractivity contribution is -0.138. The normalized spacial score (nSPS) is 16.9. The van der Waals surface area contributed by atoms with Gasteiger partial charge >= 0.3 is 12.2 Å². The molecule has 2 aliphatic rings. The van der Waals surface area contributed by atoms with Crippen molar-refractivity contribution >= 4 is 28.8 Å². The molecule has 0 saturated carbocycles. The maximum atomic E-state index is 14.4. The first-order valence-corrected chi connectivity index (χ1v) is 13.7. The molecule has 1 spiro atoms. The molecule has 2 aliphatic heterocycles. The molecule has 1 fully saturated rings. The standard InChI is InChI=1S/C31H33F5N4O2/c1-29(2,3)17-39-14-12-30(13-15-39)18-40(27-25(41)11-9-20(26(27)30)31(34,35)36)24-7-5-4-6-23(24)38-28(42)37-19-8-10-21(32)22(33)16-19/h4-11,16,41H,12-15,17-18H2,1-3H3,(H2,37,38,42). The number of phenolic OH excluding ortho intramolecular Hbond substituents is 1. The van der Waals surface area contributed by atoms with Crippen molar-refractivity contribution in [3.63, 3.8) is 0 Å². The van der Waals surface area contributed by atoms with Crippen molar-refractivity contribution in [3.8, 4) is 5.75 Å². The molecule has 1 saturated heterocycles. The summed E-state index contributed by atoms with van der Waals surface area (Å²) in [6.07, 6.45) is -3.71. The Morgan fingerprint density at radius 2 is 1.64 bits per heavy atom. The first-order chi connectivity index (χ1) is 19.7. The molecule has 2 amide bonds. The number of amides is 2. The van der Waals surface area contributed by atoms with E-state index in [1.807, 2.05) is 0 Å². The van der Waals surface area contributed by atoms with Crippen LogP contribution in [0, 0.1) is 17.0 Å². The Balaban J connectivity index is 1.51. The Labute approximate surface area is 241 Å². The van der Waals surface area contributed by atoms with Crippen LogP contribution in [0.5, 0.6) is 5.75 Å². The van der Waals surface area contributed by atoms with E-state index in [1.54, 1.807) is 29.2 Å². The number of fused-ring (bicyclic) bond motifs is 2. The average Bonchev–Trinajstić information content (AvgIpc) is 3.22. The second-order valence-corrected chi connectivity index (χ2v) is 12.3. The van der Waals surface area contributed by atoms with Crippen molar-refractivity contribution < 1.29 is 31.9 Å². The number of alkyl halides is 3. The van der Waals surface area contributed by atoms with Gasteiger partial charge < -0.3 is 25.5 Å². The van der Waals surface area contributed by atoms with E-state index in [1.165, 1.54) is 6.07 Å². The molecule has 224 valence electrons. The summed E-state index contributed by atoms with van der Waals surface area (Å²) in [6, 6.07) is 10.8. The summed E-state index contributed by atoms with van der Waals surface area (Å²) < 4.78 is 70.2. The highest BCUT2D eigenvalue weighted by molar-refractivity contribution is 6.02. The number of para-hydroxylation sites is 2. The maximum absolute atomic E-state index is 14.4. The quantitative estimate of drug-likeness (QED) is 0.272. The zero-order valence-electron chi connectivity index (χ0n) is 23.6. The van der Waals surface area contributed by atoms with Gasteiger partial charge in [-0.15, -0.1) is 0 Å². The fourth-order valence-corrected chi connectivity index (χ4v) is 6.18. The van der Waals surface area contributed by atoms with Crippen molar-refractivity contribution in [2.45, 2.75) is 45.2 Å². The molecule has 5 rings (SSSR count). The molecule has 0 radical (unpaired) electrons. The summed E-state index contributed by atoms with van der Waals surface area (Å²) >= 11 is 0. The van der Waals surface area contributed by atoms with Gasteiger partial charge in [0.25, 0.3) is 0 Å². The first kappa shape index (κ1) is 29.6. The highest BCUT2D eigenvalue weighted by atomic mass is 19.4. The van der Waals surface area contributed by atoms with E-state index in [-0.39, 0.29) is 40.3 Å². The highest BCUT2D eigenvalue weighted by Gasteiger charge is 2.52. The lowest BCUT2D eigenvalue weighted by Gasteiger charge is -2.42. The molecule has 2 heterocycles. The zero-order chi connectivity index (χ0) is 30.4. The van der Waals surface area contributed by atoms with Gasteiger partial charge in [-0.25, -0.2) is 13.6 Å². The third-order valence-corrected chi connectivity index (χ3v) is 7.85. The number of aromatic hydroxyl groups is 1. The molecule has 0 atom stereocenters. The number of nitrogens with one attached hydrogen (secondary N) is 2. The van der Waals surface area contributed by atoms with Crippen molar-refractivity contribution in [2.24, 2.45) is 5.41 Å². The number of urea groups is 1. The number of carbonyl (C=O) groups is 1. The molecular formula is C31H33F5N4O2. The fourth-order valence-electron chi connectivity index (χ4n) is 6.18. The van der Waals surface area contributed by atoms with E-state index < -0.39 is 34.8 Å². The number of hydrogen-bond acceptors (Lipinski definition) is 4. The van der Waals surface area contributed by atoms with Gasteiger partial charge in [-0.2, -0.15) is 13.2 Å². The SMILES string of the molecule is CC(C)(C)CN1CCC2(CC1)CN(c1ccccc1NC(=O)Nc1ccc(F)c(F)c1)c1c(O)ccc(C(F)(F)F)c12. The Kier molecular flexibility index (Phi) is 7.59. The van der Waals surface area contributed by atoms with Gasteiger partial charge in [0.2, 0.25) is 0 Å². The number of nitrogens with zero attached hydrogens (tertiary/aromatic N) is 2. The van der Waals surface area contributed by atoms with Gasteiger partial charge in [0.05, 0.1) is 22.6 Å². The summed E-state index contributed by atoms with van der Waals surface area (Å²) in [6.45, 7) is 8.56. The van der Waals surface area contributed by atoms with Crippen LogP contribution in [0.3, 0.4) is 0 Å². The van der Waals surface area contributed by atoms with E-state index in [0.717, 1.165) is 30.8 Å². The fraction of sp³-hybridized carbons (Fsp3) is 0.387. The average molecular weight is 589 g/mol. The Hall–Kier alpha value is -3.86. The van der Waals surface area contributed by atoms with Crippen LogP contribution >= 0.6 is 0 Å². The minimum Gasteiger partial charge on any atom is -0.506 e. The predicted octanol–water partition coefficient (Wildman–Crippen LogP) is 7.86. The van der Waals surface area contributed by atoms with Crippen LogP contribution in [0.2, 0.25) is 0 Å². The maximum Gasteiger partial charge on any atom is 0.416 e. The van der Waals surface area contributed by atoms with Crippen LogP contribution in [0.4, 0.5) is 49.5 Å². The second kappa shape index (κ2) is 10.8. The van der Waals surface area contributed by atoms with E-state index in [0.29, 0.717) is 31.6 Å².